The van der Waals surface area contributed by atoms with Crippen molar-refractivity contribution in [3.63, 3.8) is 0 Å². The van der Waals surface area contributed by atoms with Crippen LogP contribution >= 0.6 is 0 Å². The van der Waals surface area contributed by atoms with Crippen molar-refractivity contribution in [2.45, 2.75) is 25.9 Å². The Bertz CT molecular complexity index is 208. The van der Waals surface area contributed by atoms with E-state index in [4.69, 9.17) is 9.84 Å². The summed E-state index contributed by atoms with van der Waals surface area (Å²) < 4.78 is 4.80. The van der Waals surface area contributed by atoms with Crippen molar-refractivity contribution in [3.8, 4) is 0 Å². The lowest BCUT2D eigenvalue weighted by Gasteiger charge is -2.15. The fourth-order valence-electron chi connectivity index (χ4n) is 0.816. The molecule has 2 amide bonds. The molecule has 0 aromatic carbocycles. The summed E-state index contributed by atoms with van der Waals surface area (Å²) in [5.74, 6) is -1.07. The number of hydrogen-bond acceptors (Lipinski definition) is 3. The number of carboxylic acids is 1. The summed E-state index contributed by atoms with van der Waals surface area (Å²) in [5.41, 5.74) is 0. The van der Waals surface area contributed by atoms with E-state index in [0.29, 0.717) is 6.61 Å². The van der Waals surface area contributed by atoms with Crippen LogP contribution in [0.3, 0.4) is 0 Å². The van der Waals surface area contributed by atoms with Gasteiger partial charge in [0.2, 0.25) is 0 Å². The lowest BCUT2D eigenvalue weighted by Crippen LogP contribution is -2.48. The third-order valence-electron chi connectivity index (χ3n) is 1.51. The molecule has 2 atom stereocenters. The Labute approximate surface area is 82.6 Å². The smallest absolute Gasteiger partial charge is 0.325 e. The second-order valence-electron chi connectivity index (χ2n) is 3.03. The molecule has 0 aliphatic carbocycles. The van der Waals surface area contributed by atoms with Crippen molar-refractivity contribution < 1.29 is 19.4 Å². The molecule has 0 aliphatic heterocycles. The lowest BCUT2D eigenvalue weighted by atomic mass is 10.3. The van der Waals surface area contributed by atoms with E-state index < -0.39 is 18.0 Å². The van der Waals surface area contributed by atoms with Crippen LogP contribution in [-0.2, 0) is 9.53 Å². The van der Waals surface area contributed by atoms with Crippen molar-refractivity contribution >= 4 is 12.0 Å². The quantitative estimate of drug-likeness (QED) is 0.578. The summed E-state index contributed by atoms with van der Waals surface area (Å²) in [6.45, 7) is 3.53. The molecule has 6 nitrogen and oxygen atoms in total. The van der Waals surface area contributed by atoms with Crippen molar-refractivity contribution in [1.29, 1.82) is 0 Å². The molecule has 3 N–H and O–H groups in total. The first-order chi connectivity index (χ1) is 6.47. The predicted molar refractivity (Wildman–Crippen MR) is 50.1 cm³/mol. The van der Waals surface area contributed by atoms with Crippen LogP contribution in [0.25, 0.3) is 0 Å². The van der Waals surface area contributed by atoms with Crippen LogP contribution in [0, 0.1) is 0 Å². The van der Waals surface area contributed by atoms with E-state index in [0.717, 1.165) is 0 Å². The first-order valence-electron chi connectivity index (χ1n) is 4.26. The predicted octanol–water partition coefficient (Wildman–Crippen LogP) is -0.206. The van der Waals surface area contributed by atoms with Gasteiger partial charge in [-0.2, -0.15) is 0 Å². The Morgan fingerprint density at radius 3 is 2.36 bits per heavy atom. The summed E-state index contributed by atoms with van der Waals surface area (Å²) in [6.07, 6.45) is 0. The van der Waals surface area contributed by atoms with E-state index in [2.05, 4.69) is 10.6 Å². The molecule has 0 saturated heterocycles. The van der Waals surface area contributed by atoms with Gasteiger partial charge in [0.15, 0.2) is 0 Å². The second kappa shape index (κ2) is 6.20. The normalized spacial score (nSPS) is 14.2. The molecule has 0 aromatic rings. The van der Waals surface area contributed by atoms with E-state index in [9.17, 15) is 9.59 Å². The molecular weight excluding hydrogens is 188 g/mol. The van der Waals surface area contributed by atoms with Crippen LogP contribution in [0.1, 0.15) is 13.8 Å². The summed E-state index contributed by atoms with van der Waals surface area (Å²) in [4.78, 5) is 21.5. The molecular formula is C8H16N2O4. The van der Waals surface area contributed by atoms with Gasteiger partial charge in [-0.15, -0.1) is 0 Å². The molecule has 0 spiro atoms. The number of carbonyl (C=O) groups excluding carboxylic acids is 1. The van der Waals surface area contributed by atoms with Gasteiger partial charge >= 0.3 is 12.0 Å². The molecule has 0 aromatic heterocycles. The largest absolute Gasteiger partial charge is 0.480 e. The Hall–Kier alpha value is -1.30. The Morgan fingerprint density at radius 2 is 1.93 bits per heavy atom. The minimum absolute atomic E-state index is 0.152. The van der Waals surface area contributed by atoms with Crippen LogP contribution < -0.4 is 10.6 Å². The third-order valence-corrected chi connectivity index (χ3v) is 1.51. The van der Waals surface area contributed by atoms with E-state index >= 15 is 0 Å². The molecule has 82 valence electrons. The maximum atomic E-state index is 11.1. The van der Waals surface area contributed by atoms with Gasteiger partial charge in [-0.1, -0.05) is 0 Å². The summed E-state index contributed by atoms with van der Waals surface area (Å²) in [6, 6.07) is -1.56. The molecule has 6 heteroatoms. The maximum absolute atomic E-state index is 11.1. The SMILES string of the molecule is COCC(C)NC(=O)N[C@@H](C)C(=O)O. The minimum Gasteiger partial charge on any atom is -0.480 e. The highest BCUT2D eigenvalue weighted by Gasteiger charge is 2.14. The molecule has 0 saturated carbocycles. The number of amides is 2. The monoisotopic (exact) mass is 204 g/mol. The number of methoxy groups -OCH3 is 1. The average Bonchev–Trinajstić information content (AvgIpc) is 2.03. The van der Waals surface area contributed by atoms with Gasteiger partial charge in [0.05, 0.1) is 12.6 Å². The van der Waals surface area contributed by atoms with Gasteiger partial charge in [-0.3, -0.25) is 4.79 Å². The zero-order valence-corrected chi connectivity index (χ0v) is 8.53. The van der Waals surface area contributed by atoms with Crippen molar-refractivity contribution in [1.82, 2.24) is 10.6 Å². The molecule has 14 heavy (non-hydrogen) atoms. The van der Waals surface area contributed by atoms with Gasteiger partial charge in [0, 0.05) is 7.11 Å². The van der Waals surface area contributed by atoms with E-state index in [1.807, 2.05) is 0 Å². The molecule has 0 radical (unpaired) electrons. The summed E-state index contributed by atoms with van der Waals surface area (Å²) in [7, 11) is 1.52. The van der Waals surface area contributed by atoms with Crippen LogP contribution in [0.5, 0.6) is 0 Å². The number of hydrogen-bond donors (Lipinski definition) is 3. The highest BCUT2D eigenvalue weighted by atomic mass is 16.5. The average molecular weight is 204 g/mol. The third kappa shape index (κ3) is 5.36. The van der Waals surface area contributed by atoms with Gasteiger partial charge in [-0.25, -0.2) is 4.79 Å². The number of carbonyl (C=O) groups is 2. The topological polar surface area (TPSA) is 87.7 Å². The maximum Gasteiger partial charge on any atom is 0.325 e. The number of urea groups is 1. The van der Waals surface area contributed by atoms with Gasteiger partial charge in [-0.05, 0) is 13.8 Å². The standard InChI is InChI=1S/C8H16N2O4/c1-5(4-14-3)9-8(13)10-6(2)7(11)12/h5-6H,4H2,1-3H3,(H,11,12)(H2,9,10,13)/t5?,6-/m0/s1. The molecule has 1 unspecified atom stereocenters. The fourth-order valence-corrected chi connectivity index (χ4v) is 0.816. The Balaban J connectivity index is 3.80. The second-order valence-corrected chi connectivity index (χ2v) is 3.03. The van der Waals surface area contributed by atoms with Crippen LogP contribution in [0.4, 0.5) is 4.79 Å². The Kier molecular flexibility index (Phi) is 5.62. The first kappa shape index (κ1) is 12.7. The highest BCUT2D eigenvalue weighted by molar-refractivity contribution is 5.82. The highest BCUT2D eigenvalue weighted by Crippen LogP contribution is 1.85. The molecule has 0 fully saturated rings. The Morgan fingerprint density at radius 1 is 1.36 bits per heavy atom. The van der Waals surface area contributed by atoms with Crippen molar-refractivity contribution in [3.05, 3.63) is 0 Å². The number of rotatable bonds is 5. The number of aliphatic carboxylic acids is 1. The van der Waals surface area contributed by atoms with Gasteiger partial charge < -0.3 is 20.5 Å². The van der Waals surface area contributed by atoms with Crippen LogP contribution in [0.15, 0.2) is 0 Å². The summed E-state index contributed by atoms with van der Waals surface area (Å²) in [5, 5.41) is 13.3. The summed E-state index contributed by atoms with van der Waals surface area (Å²) >= 11 is 0. The van der Waals surface area contributed by atoms with Gasteiger partial charge in [0.1, 0.15) is 6.04 Å². The number of carboxylic acid groups (broad SMARTS) is 1. The van der Waals surface area contributed by atoms with Gasteiger partial charge in [0.25, 0.3) is 0 Å². The zero-order chi connectivity index (χ0) is 11.1. The van der Waals surface area contributed by atoms with E-state index in [1.165, 1.54) is 14.0 Å². The first-order valence-corrected chi connectivity index (χ1v) is 4.26. The van der Waals surface area contributed by atoms with Crippen LogP contribution in [0.2, 0.25) is 0 Å². The molecule has 0 aliphatic rings. The molecule has 0 heterocycles. The number of ether oxygens (including phenoxy) is 1. The lowest BCUT2D eigenvalue weighted by molar-refractivity contribution is -0.138. The fraction of sp³-hybridized carbons (Fsp3) is 0.750. The minimum atomic E-state index is -1.07. The molecule has 0 bridgehead atoms. The van der Waals surface area contributed by atoms with Crippen LogP contribution in [-0.4, -0.2) is 42.9 Å². The zero-order valence-electron chi connectivity index (χ0n) is 8.53. The number of nitrogens with one attached hydrogen (secondary N) is 2. The van der Waals surface area contributed by atoms with Crippen molar-refractivity contribution in [2.75, 3.05) is 13.7 Å². The van der Waals surface area contributed by atoms with Crippen molar-refractivity contribution in [2.24, 2.45) is 0 Å². The van der Waals surface area contributed by atoms with E-state index in [-0.39, 0.29) is 6.04 Å². The van der Waals surface area contributed by atoms with E-state index in [1.54, 1.807) is 6.92 Å². The molecule has 0 rings (SSSR count).